The second kappa shape index (κ2) is 5.46. The highest BCUT2D eigenvalue weighted by Gasteiger charge is 2.35. The monoisotopic (exact) mass is 219 g/mol. The van der Waals surface area contributed by atoms with Crippen molar-refractivity contribution in [3.8, 4) is 0 Å². The van der Waals surface area contributed by atoms with Crippen LogP contribution in [0, 0.1) is 0 Å². The van der Waals surface area contributed by atoms with E-state index in [1.807, 2.05) is 0 Å². The molecule has 88 valence electrons. The molecule has 1 aliphatic rings. The minimum absolute atomic E-state index is 0.458. The Kier molecular flexibility index (Phi) is 3.97. The zero-order valence-corrected chi connectivity index (χ0v) is 10.2. The van der Waals surface area contributed by atoms with E-state index in [1.165, 1.54) is 5.56 Å². The highest BCUT2D eigenvalue weighted by atomic mass is 16.6. The number of hydrogen-bond acceptors (Lipinski definition) is 2. The SMILES string of the molecule is CCN(CC)C(Cc1ccccc1)[C@H]1CO1. The number of nitrogens with zero attached hydrogens (tertiary/aromatic N) is 1. The van der Waals surface area contributed by atoms with Crippen molar-refractivity contribution in [3.63, 3.8) is 0 Å². The van der Waals surface area contributed by atoms with Crippen molar-refractivity contribution in [2.24, 2.45) is 0 Å². The van der Waals surface area contributed by atoms with Gasteiger partial charge in [-0.05, 0) is 25.1 Å². The predicted octanol–water partition coefficient (Wildman–Crippen LogP) is 2.34. The molecular weight excluding hydrogens is 198 g/mol. The Hall–Kier alpha value is -0.860. The molecule has 0 bridgehead atoms. The van der Waals surface area contributed by atoms with Gasteiger partial charge < -0.3 is 4.74 Å². The Labute approximate surface area is 98.2 Å². The summed E-state index contributed by atoms with van der Waals surface area (Å²) >= 11 is 0. The van der Waals surface area contributed by atoms with E-state index in [1.54, 1.807) is 0 Å². The van der Waals surface area contributed by atoms with Gasteiger partial charge >= 0.3 is 0 Å². The van der Waals surface area contributed by atoms with Crippen molar-refractivity contribution in [2.75, 3.05) is 19.7 Å². The zero-order chi connectivity index (χ0) is 11.4. The Bertz CT molecular complexity index is 304. The minimum atomic E-state index is 0.458. The Morgan fingerprint density at radius 2 is 1.88 bits per heavy atom. The first-order valence-electron chi connectivity index (χ1n) is 6.24. The van der Waals surface area contributed by atoms with Gasteiger partial charge in [-0.3, -0.25) is 4.90 Å². The molecule has 0 radical (unpaired) electrons. The summed E-state index contributed by atoms with van der Waals surface area (Å²) in [5, 5.41) is 0. The lowest BCUT2D eigenvalue weighted by molar-refractivity contribution is 0.175. The first-order chi connectivity index (χ1) is 7.85. The largest absolute Gasteiger partial charge is 0.371 e. The first kappa shape index (κ1) is 11.6. The maximum absolute atomic E-state index is 5.49. The lowest BCUT2D eigenvalue weighted by atomic mass is 10.0. The molecule has 0 amide bonds. The minimum Gasteiger partial charge on any atom is -0.371 e. The summed E-state index contributed by atoms with van der Waals surface area (Å²) in [5.74, 6) is 0. The molecule has 2 atom stereocenters. The van der Waals surface area contributed by atoms with Gasteiger partial charge in [0.1, 0.15) is 0 Å². The number of rotatable bonds is 6. The topological polar surface area (TPSA) is 15.8 Å². The molecule has 1 aliphatic heterocycles. The summed E-state index contributed by atoms with van der Waals surface area (Å²) in [4.78, 5) is 2.50. The van der Waals surface area contributed by atoms with Gasteiger partial charge in [0.25, 0.3) is 0 Å². The van der Waals surface area contributed by atoms with Gasteiger partial charge in [0.15, 0.2) is 0 Å². The molecule has 1 aromatic carbocycles. The second-order valence-corrected chi connectivity index (χ2v) is 4.35. The van der Waals surface area contributed by atoms with Crippen molar-refractivity contribution in [2.45, 2.75) is 32.4 Å². The maximum Gasteiger partial charge on any atom is 0.0967 e. The molecule has 1 fully saturated rings. The maximum atomic E-state index is 5.49. The van der Waals surface area contributed by atoms with Crippen LogP contribution in [0.1, 0.15) is 19.4 Å². The number of hydrogen-bond donors (Lipinski definition) is 0. The second-order valence-electron chi connectivity index (χ2n) is 4.35. The van der Waals surface area contributed by atoms with Gasteiger partial charge in [-0.1, -0.05) is 44.2 Å². The van der Waals surface area contributed by atoms with E-state index >= 15 is 0 Å². The van der Waals surface area contributed by atoms with Crippen LogP contribution in [0.15, 0.2) is 30.3 Å². The Morgan fingerprint density at radius 1 is 1.25 bits per heavy atom. The molecule has 1 unspecified atom stereocenters. The molecule has 0 saturated carbocycles. The van der Waals surface area contributed by atoms with E-state index in [2.05, 4.69) is 49.1 Å². The number of benzene rings is 1. The van der Waals surface area contributed by atoms with E-state index in [4.69, 9.17) is 4.74 Å². The van der Waals surface area contributed by atoms with Crippen LogP contribution in [0.2, 0.25) is 0 Å². The number of epoxide rings is 1. The van der Waals surface area contributed by atoms with Crippen LogP contribution < -0.4 is 0 Å². The van der Waals surface area contributed by atoms with E-state index < -0.39 is 0 Å². The van der Waals surface area contributed by atoms with E-state index in [9.17, 15) is 0 Å². The van der Waals surface area contributed by atoms with Crippen LogP contribution in [-0.4, -0.2) is 36.7 Å². The van der Waals surface area contributed by atoms with Crippen LogP contribution in [0.4, 0.5) is 0 Å². The number of likely N-dealkylation sites (N-methyl/N-ethyl adjacent to an activating group) is 1. The molecule has 0 aromatic heterocycles. The highest BCUT2D eigenvalue weighted by Crippen LogP contribution is 2.22. The summed E-state index contributed by atoms with van der Waals surface area (Å²) in [5.41, 5.74) is 1.41. The van der Waals surface area contributed by atoms with Crippen LogP contribution in [-0.2, 0) is 11.2 Å². The van der Waals surface area contributed by atoms with E-state index in [0.717, 1.165) is 26.1 Å². The van der Waals surface area contributed by atoms with Crippen LogP contribution in [0.25, 0.3) is 0 Å². The normalized spacial score (nSPS) is 21.1. The summed E-state index contributed by atoms with van der Waals surface area (Å²) in [6.07, 6.45) is 1.56. The van der Waals surface area contributed by atoms with Crippen molar-refractivity contribution in [3.05, 3.63) is 35.9 Å². The third-order valence-corrected chi connectivity index (χ3v) is 3.36. The molecule has 2 nitrogen and oxygen atoms in total. The highest BCUT2D eigenvalue weighted by molar-refractivity contribution is 5.16. The van der Waals surface area contributed by atoms with Gasteiger partial charge in [0.05, 0.1) is 12.7 Å². The quantitative estimate of drug-likeness (QED) is 0.683. The summed E-state index contributed by atoms with van der Waals surface area (Å²) < 4.78 is 5.49. The molecule has 0 spiro atoms. The smallest absolute Gasteiger partial charge is 0.0967 e. The lowest BCUT2D eigenvalue weighted by Crippen LogP contribution is -2.40. The van der Waals surface area contributed by atoms with Gasteiger partial charge in [-0.15, -0.1) is 0 Å². The lowest BCUT2D eigenvalue weighted by Gasteiger charge is -2.28. The van der Waals surface area contributed by atoms with Gasteiger partial charge in [0.2, 0.25) is 0 Å². The predicted molar refractivity (Wildman–Crippen MR) is 66.6 cm³/mol. The fourth-order valence-corrected chi connectivity index (χ4v) is 2.32. The van der Waals surface area contributed by atoms with Crippen molar-refractivity contribution in [1.82, 2.24) is 4.90 Å². The molecule has 16 heavy (non-hydrogen) atoms. The molecular formula is C14H21NO. The zero-order valence-electron chi connectivity index (χ0n) is 10.2. The molecule has 0 aliphatic carbocycles. The molecule has 2 heteroatoms. The third kappa shape index (κ3) is 2.83. The fourth-order valence-electron chi connectivity index (χ4n) is 2.32. The van der Waals surface area contributed by atoms with Crippen molar-refractivity contribution >= 4 is 0 Å². The fraction of sp³-hybridized carbons (Fsp3) is 0.571. The molecule has 2 rings (SSSR count). The summed E-state index contributed by atoms with van der Waals surface area (Å²) in [7, 11) is 0. The van der Waals surface area contributed by atoms with E-state index in [0.29, 0.717) is 12.1 Å². The standard InChI is InChI=1S/C14H21NO/c1-3-15(4-2)13(14-11-16-14)10-12-8-6-5-7-9-12/h5-9,13-14H,3-4,10-11H2,1-2H3/t13?,14-/m1/s1. The van der Waals surface area contributed by atoms with Gasteiger partial charge in [-0.25, -0.2) is 0 Å². The van der Waals surface area contributed by atoms with Crippen LogP contribution >= 0.6 is 0 Å². The number of ether oxygens (including phenoxy) is 1. The van der Waals surface area contributed by atoms with Crippen molar-refractivity contribution in [1.29, 1.82) is 0 Å². The molecule has 1 saturated heterocycles. The van der Waals surface area contributed by atoms with Gasteiger partial charge in [0, 0.05) is 6.04 Å². The van der Waals surface area contributed by atoms with Gasteiger partial charge in [-0.2, -0.15) is 0 Å². The average Bonchev–Trinajstić information content (AvgIpc) is 3.14. The molecule has 1 aromatic rings. The molecule has 0 N–H and O–H groups in total. The van der Waals surface area contributed by atoms with Crippen LogP contribution in [0.3, 0.4) is 0 Å². The Morgan fingerprint density at radius 3 is 2.38 bits per heavy atom. The van der Waals surface area contributed by atoms with E-state index in [-0.39, 0.29) is 0 Å². The Balaban J connectivity index is 2.02. The van der Waals surface area contributed by atoms with Crippen LogP contribution in [0.5, 0.6) is 0 Å². The molecule has 1 heterocycles. The van der Waals surface area contributed by atoms with Crippen molar-refractivity contribution < 1.29 is 4.74 Å². The summed E-state index contributed by atoms with van der Waals surface area (Å²) in [6.45, 7) is 7.60. The first-order valence-corrected chi connectivity index (χ1v) is 6.24. The average molecular weight is 219 g/mol. The summed E-state index contributed by atoms with van der Waals surface area (Å²) in [6, 6.07) is 11.3. The third-order valence-electron chi connectivity index (χ3n) is 3.36.